The molecule has 3 N–H and O–H groups in total. The number of ether oxygens (including phenoxy) is 1. The maximum absolute atomic E-state index is 11.9. The van der Waals surface area contributed by atoms with Crippen molar-refractivity contribution >= 4 is 11.7 Å². The Morgan fingerprint density at radius 2 is 2.21 bits per heavy atom. The van der Waals surface area contributed by atoms with Crippen LogP contribution in [0.15, 0.2) is 24.3 Å². The Morgan fingerprint density at radius 1 is 1.47 bits per heavy atom. The largest absolute Gasteiger partial charge is 0.407 e. The molecule has 0 amide bonds. The predicted molar refractivity (Wildman–Crippen MR) is 70.3 cm³/mol. The zero-order chi connectivity index (χ0) is 13.9. The minimum atomic E-state index is -2.37. The molecule has 0 spiro atoms. The predicted octanol–water partition coefficient (Wildman–Crippen LogP) is 1.39. The van der Waals surface area contributed by atoms with Gasteiger partial charge in [0.15, 0.2) is 0 Å². The summed E-state index contributed by atoms with van der Waals surface area (Å²) in [5.74, 6) is -3.01. The SMILES string of the molecule is CCCCC(O)(O)OC(=O)[C@H]1Cc2ccccc2N1. The molecule has 1 atom stereocenters. The van der Waals surface area contributed by atoms with Gasteiger partial charge in [0.25, 0.3) is 0 Å². The van der Waals surface area contributed by atoms with Gasteiger partial charge in [-0.3, -0.25) is 0 Å². The Hall–Kier alpha value is -1.59. The summed E-state index contributed by atoms with van der Waals surface area (Å²) < 4.78 is 4.76. The topological polar surface area (TPSA) is 78.8 Å². The second-order valence-corrected chi connectivity index (χ2v) is 4.83. The Balaban J connectivity index is 1.92. The summed E-state index contributed by atoms with van der Waals surface area (Å²) in [6.45, 7) is 1.92. The van der Waals surface area contributed by atoms with Crippen LogP contribution in [-0.4, -0.2) is 28.2 Å². The van der Waals surface area contributed by atoms with Crippen molar-refractivity contribution in [3.05, 3.63) is 29.8 Å². The van der Waals surface area contributed by atoms with Gasteiger partial charge in [-0.25, -0.2) is 4.79 Å². The lowest BCUT2D eigenvalue weighted by Gasteiger charge is -2.23. The van der Waals surface area contributed by atoms with Crippen LogP contribution in [-0.2, 0) is 16.0 Å². The maximum atomic E-state index is 11.9. The number of para-hydroxylation sites is 1. The number of carbonyl (C=O) groups excluding carboxylic acids is 1. The van der Waals surface area contributed by atoms with Crippen molar-refractivity contribution < 1.29 is 19.7 Å². The molecule has 0 bridgehead atoms. The van der Waals surface area contributed by atoms with Crippen molar-refractivity contribution in [2.24, 2.45) is 0 Å². The van der Waals surface area contributed by atoms with Gasteiger partial charge in [-0.2, -0.15) is 0 Å². The van der Waals surface area contributed by atoms with Gasteiger partial charge >= 0.3 is 11.9 Å². The number of carbonyl (C=O) groups is 1. The highest BCUT2D eigenvalue weighted by Crippen LogP contribution is 2.26. The van der Waals surface area contributed by atoms with Crippen molar-refractivity contribution in [3.63, 3.8) is 0 Å². The van der Waals surface area contributed by atoms with Crippen molar-refractivity contribution in [2.75, 3.05) is 5.32 Å². The number of hydrogen-bond donors (Lipinski definition) is 3. The van der Waals surface area contributed by atoms with Gasteiger partial charge in [0.05, 0.1) is 0 Å². The van der Waals surface area contributed by atoms with E-state index in [4.69, 9.17) is 4.74 Å². The van der Waals surface area contributed by atoms with Crippen molar-refractivity contribution in [2.45, 2.75) is 44.6 Å². The molecular formula is C14H19NO4. The van der Waals surface area contributed by atoms with Crippen LogP contribution >= 0.6 is 0 Å². The summed E-state index contributed by atoms with van der Waals surface area (Å²) in [6, 6.07) is 7.03. The van der Waals surface area contributed by atoms with Crippen molar-refractivity contribution in [1.29, 1.82) is 0 Å². The molecule has 1 aliphatic heterocycles. The van der Waals surface area contributed by atoms with E-state index in [1.807, 2.05) is 31.2 Å². The van der Waals surface area contributed by atoms with Crippen LogP contribution in [0.5, 0.6) is 0 Å². The number of rotatable bonds is 5. The third-order valence-electron chi connectivity index (χ3n) is 3.18. The number of anilines is 1. The molecule has 0 saturated carbocycles. The van der Waals surface area contributed by atoms with E-state index in [0.717, 1.165) is 17.7 Å². The molecule has 1 heterocycles. The summed E-state index contributed by atoms with van der Waals surface area (Å²) in [5.41, 5.74) is 1.92. The Morgan fingerprint density at radius 3 is 2.89 bits per heavy atom. The van der Waals surface area contributed by atoms with E-state index in [0.29, 0.717) is 12.8 Å². The lowest BCUT2D eigenvalue weighted by molar-refractivity contribution is -0.322. The molecule has 2 rings (SSSR count). The van der Waals surface area contributed by atoms with E-state index in [-0.39, 0.29) is 6.42 Å². The summed E-state index contributed by atoms with van der Waals surface area (Å²) >= 11 is 0. The quantitative estimate of drug-likeness (QED) is 0.554. The number of unbranched alkanes of at least 4 members (excludes halogenated alkanes) is 1. The molecule has 0 fully saturated rings. The molecule has 0 aromatic heterocycles. The van der Waals surface area contributed by atoms with Crippen LogP contribution in [0, 0.1) is 0 Å². The molecule has 5 nitrogen and oxygen atoms in total. The Kier molecular flexibility index (Phi) is 4.07. The number of hydrogen-bond acceptors (Lipinski definition) is 5. The van der Waals surface area contributed by atoms with Crippen LogP contribution in [0.2, 0.25) is 0 Å². The molecule has 0 saturated heterocycles. The van der Waals surface area contributed by atoms with E-state index >= 15 is 0 Å². The molecule has 0 radical (unpaired) electrons. The summed E-state index contributed by atoms with van der Waals surface area (Å²) in [4.78, 5) is 11.9. The monoisotopic (exact) mass is 265 g/mol. The molecular weight excluding hydrogens is 246 g/mol. The van der Waals surface area contributed by atoms with Gasteiger partial charge in [0.1, 0.15) is 6.04 Å². The number of fused-ring (bicyclic) bond motifs is 1. The summed E-state index contributed by atoms with van der Waals surface area (Å²) in [6.07, 6.45) is 1.90. The first-order valence-electron chi connectivity index (χ1n) is 6.54. The normalized spacial score (nSPS) is 17.7. The number of aliphatic hydroxyl groups is 2. The van der Waals surface area contributed by atoms with Gasteiger partial charge in [-0.15, -0.1) is 0 Å². The fraction of sp³-hybridized carbons (Fsp3) is 0.500. The Bertz CT molecular complexity index is 434. The molecule has 0 unspecified atom stereocenters. The molecule has 19 heavy (non-hydrogen) atoms. The fourth-order valence-corrected chi connectivity index (χ4v) is 2.13. The lowest BCUT2D eigenvalue weighted by Crippen LogP contribution is -2.40. The first kappa shape index (κ1) is 13.8. The average molecular weight is 265 g/mol. The molecule has 1 aromatic carbocycles. The number of esters is 1. The van der Waals surface area contributed by atoms with Gasteiger partial charge < -0.3 is 20.3 Å². The molecule has 1 aromatic rings. The highest BCUT2D eigenvalue weighted by molar-refractivity contribution is 5.83. The molecule has 0 aliphatic carbocycles. The highest BCUT2D eigenvalue weighted by atomic mass is 16.8. The second-order valence-electron chi connectivity index (χ2n) is 4.83. The van der Waals surface area contributed by atoms with Crippen LogP contribution in [0.1, 0.15) is 31.7 Å². The lowest BCUT2D eigenvalue weighted by atomic mass is 10.1. The molecule has 1 aliphatic rings. The first-order valence-corrected chi connectivity index (χ1v) is 6.54. The number of benzene rings is 1. The highest BCUT2D eigenvalue weighted by Gasteiger charge is 2.34. The van der Waals surface area contributed by atoms with Gasteiger partial charge in [-0.1, -0.05) is 31.5 Å². The summed E-state index contributed by atoms with van der Waals surface area (Å²) in [7, 11) is 0. The maximum Gasteiger partial charge on any atom is 0.333 e. The smallest absolute Gasteiger partial charge is 0.333 e. The van der Waals surface area contributed by atoms with E-state index in [1.165, 1.54) is 0 Å². The number of nitrogens with one attached hydrogen (secondary N) is 1. The second kappa shape index (κ2) is 5.59. The fourth-order valence-electron chi connectivity index (χ4n) is 2.13. The summed E-state index contributed by atoms with van der Waals surface area (Å²) in [5, 5.41) is 22.2. The van der Waals surface area contributed by atoms with E-state index in [1.54, 1.807) is 0 Å². The first-order chi connectivity index (χ1) is 9.02. The van der Waals surface area contributed by atoms with Crippen molar-refractivity contribution in [1.82, 2.24) is 0 Å². The van der Waals surface area contributed by atoms with E-state index in [9.17, 15) is 15.0 Å². The standard InChI is InChI=1S/C14H19NO4/c1-2-3-8-14(17,18)19-13(16)12-9-10-6-4-5-7-11(10)15-12/h4-7,12,15,17-18H,2-3,8-9H2,1H3/t12-/m1/s1. The zero-order valence-electron chi connectivity index (χ0n) is 10.9. The van der Waals surface area contributed by atoms with Gasteiger partial charge in [0.2, 0.25) is 0 Å². The molecule has 104 valence electrons. The third kappa shape index (κ3) is 3.45. The zero-order valence-corrected chi connectivity index (χ0v) is 10.9. The van der Waals surface area contributed by atoms with E-state index < -0.39 is 18.0 Å². The average Bonchev–Trinajstić information content (AvgIpc) is 2.80. The van der Waals surface area contributed by atoms with E-state index in [2.05, 4.69) is 5.32 Å². The van der Waals surface area contributed by atoms with Crippen LogP contribution in [0.3, 0.4) is 0 Å². The Labute approximate surface area is 112 Å². The van der Waals surface area contributed by atoms with Gasteiger partial charge in [0, 0.05) is 18.5 Å². The van der Waals surface area contributed by atoms with Gasteiger partial charge in [-0.05, 0) is 18.1 Å². The van der Waals surface area contributed by atoms with Crippen LogP contribution in [0.4, 0.5) is 5.69 Å². The minimum absolute atomic E-state index is 0.0227. The molecule has 5 heteroatoms. The van der Waals surface area contributed by atoms with Crippen LogP contribution in [0.25, 0.3) is 0 Å². The minimum Gasteiger partial charge on any atom is -0.407 e. The van der Waals surface area contributed by atoms with Crippen molar-refractivity contribution in [3.8, 4) is 0 Å². The third-order valence-corrected chi connectivity index (χ3v) is 3.18. The van der Waals surface area contributed by atoms with Crippen LogP contribution < -0.4 is 5.32 Å².